The molecule has 2 aliphatic heterocycles. The van der Waals surface area contributed by atoms with Crippen molar-refractivity contribution < 1.29 is 27.9 Å². The molecule has 2 heterocycles. The predicted molar refractivity (Wildman–Crippen MR) is 150 cm³/mol. The number of aryl methyl sites for hydroxylation is 1. The minimum absolute atomic E-state index is 0.0987. The van der Waals surface area contributed by atoms with E-state index in [-0.39, 0.29) is 17.6 Å². The summed E-state index contributed by atoms with van der Waals surface area (Å²) in [6.45, 7) is 3.87. The van der Waals surface area contributed by atoms with Gasteiger partial charge in [0.15, 0.2) is 0 Å². The van der Waals surface area contributed by atoms with E-state index in [1.54, 1.807) is 47.4 Å². The van der Waals surface area contributed by atoms with Gasteiger partial charge in [-0.3, -0.25) is 14.5 Å². The fourth-order valence-corrected chi connectivity index (χ4v) is 5.85. The number of hydrogen-bond donors (Lipinski definition) is 1. The molecule has 0 spiro atoms. The summed E-state index contributed by atoms with van der Waals surface area (Å²) in [4.78, 5) is 32.3. The number of benzene rings is 3. The number of halogens is 3. The van der Waals surface area contributed by atoms with Crippen molar-refractivity contribution in [2.24, 2.45) is 0 Å². The summed E-state index contributed by atoms with van der Waals surface area (Å²) in [6, 6.07) is 19.3. The van der Waals surface area contributed by atoms with Gasteiger partial charge in [0.25, 0.3) is 5.91 Å². The average molecular weight is 566 g/mol. The molecule has 3 aromatic rings. The number of para-hydroxylation sites is 1. The monoisotopic (exact) mass is 565 g/mol. The highest BCUT2D eigenvalue weighted by atomic mass is 19.4. The standard InChI is InChI=1S/C32H34F3N3O3/c33-32(34,35)25-8-5-7-24(22-25)27-9-2-3-10-28(27)31(41)38-20-18-36(19-21-38)26-14-16-37(17-15-26)30(40)13-12-23-6-1-4-11-29(23)39/h1-11,22,26,39H,12-21H2. The van der Waals surface area contributed by atoms with Crippen molar-refractivity contribution in [1.29, 1.82) is 0 Å². The highest BCUT2D eigenvalue weighted by molar-refractivity contribution is 6.01. The third-order valence-electron chi connectivity index (χ3n) is 8.19. The Labute approximate surface area is 238 Å². The Kier molecular flexibility index (Phi) is 8.63. The molecule has 0 aliphatic carbocycles. The highest BCUT2D eigenvalue weighted by Crippen LogP contribution is 2.33. The Bertz CT molecular complexity index is 1380. The van der Waals surface area contributed by atoms with Crippen molar-refractivity contribution in [1.82, 2.24) is 14.7 Å². The second-order valence-electron chi connectivity index (χ2n) is 10.7. The summed E-state index contributed by atoms with van der Waals surface area (Å²) in [7, 11) is 0. The van der Waals surface area contributed by atoms with Crippen LogP contribution in [0.4, 0.5) is 13.2 Å². The molecule has 2 aliphatic rings. The zero-order valence-corrected chi connectivity index (χ0v) is 22.8. The maximum absolute atomic E-state index is 13.5. The van der Waals surface area contributed by atoms with Crippen molar-refractivity contribution in [3.63, 3.8) is 0 Å². The van der Waals surface area contributed by atoms with Crippen molar-refractivity contribution in [3.8, 4) is 16.9 Å². The van der Waals surface area contributed by atoms with E-state index in [0.29, 0.717) is 74.8 Å². The van der Waals surface area contributed by atoms with Gasteiger partial charge in [-0.25, -0.2) is 0 Å². The molecule has 1 N–H and O–H groups in total. The number of amides is 2. The molecular weight excluding hydrogens is 531 g/mol. The lowest BCUT2D eigenvalue weighted by atomic mass is 9.96. The number of phenolic OH excluding ortho intramolecular Hbond substituents is 1. The van der Waals surface area contributed by atoms with Crippen LogP contribution in [-0.2, 0) is 17.4 Å². The number of carbonyl (C=O) groups excluding carboxylic acids is 2. The molecule has 3 aromatic carbocycles. The van der Waals surface area contributed by atoms with Crippen LogP contribution in [0.15, 0.2) is 72.8 Å². The quantitative estimate of drug-likeness (QED) is 0.431. The number of phenols is 1. The molecule has 9 heteroatoms. The Balaban J connectivity index is 1.14. The van der Waals surface area contributed by atoms with Gasteiger partial charge < -0.3 is 14.9 Å². The number of rotatable bonds is 6. The minimum Gasteiger partial charge on any atom is -0.508 e. The maximum Gasteiger partial charge on any atom is 0.416 e. The highest BCUT2D eigenvalue weighted by Gasteiger charge is 2.32. The van der Waals surface area contributed by atoms with Crippen LogP contribution in [0.5, 0.6) is 5.75 Å². The van der Waals surface area contributed by atoms with Crippen LogP contribution in [0.1, 0.15) is 40.7 Å². The summed E-state index contributed by atoms with van der Waals surface area (Å²) in [6.07, 6.45) is -1.84. The third-order valence-corrected chi connectivity index (χ3v) is 8.19. The second-order valence-corrected chi connectivity index (χ2v) is 10.7. The van der Waals surface area contributed by atoms with Crippen LogP contribution in [0.3, 0.4) is 0 Å². The van der Waals surface area contributed by atoms with Crippen LogP contribution >= 0.6 is 0 Å². The maximum atomic E-state index is 13.5. The molecule has 0 bridgehead atoms. The summed E-state index contributed by atoms with van der Waals surface area (Å²) in [5.41, 5.74) is 1.29. The zero-order valence-electron chi connectivity index (χ0n) is 22.8. The molecular formula is C32H34F3N3O3. The topological polar surface area (TPSA) is 64.1 Å². The van der Waals surface area contributed by atoms with E-state index in [2.05, 4.69) is 4.90 Å². The number of piperazine rings is 1. The normalized spacial score (nSPS) is 17.0. The van der Waals surface area contributed by atoms with Gasteiger partial charge in [0, 0.05) is 57.3 Å². The molecule has 2 fully saturated rings. The second kappa shape index (κ2) is 12.3. The van der Waals surface area contributed by atoms with Crippen LogP contribution in [0.2, 0.25) is 0 Å². The molecule has 2 amide bonds. The Morgan fingerprint density at radius 1 is 0.805 bits per heavy atom. The van der Waals surface area contributed by atoms with Gasteiger partial charge in [0.1, 0.15) is 5.75 Å². The number of alkyl halides is 3. The number of hydrogen-bond acceptors (Lipinski definition) is 4. The van der Waals surface area contributed by atoms with E-state index < -0.39 is 11.7 Å². The summed E-state index contributed by atoms with van der Waals surface area (Å²) in [5, 5.41) is 9.94. The molecule has 0 unspecified atom stereocenters. The smallest absolute Gasteiger partial charge is 0.416 e. The summed E-state index contributed by atoms with van der Waals surface area (Å²) >= 11 is 0. The third kappa shape index (κ3) is 6.73. The van der Waals surface area contributed by atoms with E-state index in [0.717, 1.165) is 30.5 Å². The van der Waals surface area contributed by atoms with Crippen LogP contribution in [0, 0.1) is 0 Å². The zero-order chi connectivity index (χ0) is 29.0. The Hall–Kier alpha value is -3.85. The van der Waals surface area contributed by atoms with Crippen molar-refractivity contribution >= 4 is 11.8 Å². The number of nitrogens with zero attached hydrogens (tertiary/aromatic N) is 3. The van der Waals surface area contributed by atoms with Gasteiger partial charge >= 0.3 is 6.18 Å². The van der Waals surface area contributed by atoms with Gasteiger partial charge in [-0.05, 0) is 60.2 Å². The number of piperidine rings is 1. The van der Waals surface area contributed by atoms with E-state index >= 15 is 0 Å². The van der Waals surface area contributed by atoms with Crippen LogP contribution in [-0.4, -0.2) is 76.9 Å². The number of likely N-dealkylation sites (tertiary alicyclic amines) is 1. The summed E-state index contributed by atoms with van der Waals surface area (Å²) in [5.74, 6) is 0.139. The van der Waals surface area contributed by atoms with Gasteiger partial charge in [0.2, 0.25) is 5.91 Å². The lowest BCUT2D eigenvalue weighted by molar-refractivity contribution is -0.137. The Morgan fingerprint density at radius 2 is 1.49 bits per heavy atom. The molecule has 5 rings (SSSR count). The molecule has 0 atom stereocenters. The van der Waals surface area contributed by atoms with Crippen LogP contribution < -0.4 is 0 Å². The van der Waals surface area contributed by atoms with Gasteiger partial charge in [-0.1, -0.05) is 48.5 Å². The summed E-state index contributed by atoms with van der Waals surface area (Å²) < 4.78 is 39.9. The van der Waals surface area contributed by atoms with E-state index in [4.69, 9.17) is 0 Å². The number of aromatic hydroxyl groups is 1. The molecule has 2 saturated heterocycles. The van der Waals surface area contributed by atoms with E-state index in [9.17, 15) is 27.9 Å². The molecule has 0 saturated carbocycles. The molecule has 0 radical (unpaired) electrons. The van der Waals surface area contributed by atoms with Gasteiger partial charge in [-0.15, -0.1) is 0 Å². The lowest BCUT2D eigenvalue weighted by Crippen LogP contribution is -2.54. The Morgan fingerprint density at radius 3 is 2.20 bits per heavy atom. The first kappa shape index (κ1) is 28.7. The fraction of sp³-hybridized carbons (Fsp3) is 0.375. The first-order chi connectivity index (χ1) is 19.7. The first-order valence-corrected chi connectivity index (χ1v) is 14.1. The van der Waals surface area contributed by atoms with Crippen molar-refractivity contribution in [2.45, 2.75) is 37.9 Å². The van der Waals surface area contributed by atoms with Gasteiger partial charge in [0.05, 0.1) is 5.56 Å². The van der Waals surface area contributed by atoms with E-state index in [1.807, 2.05) is 17.0 Å². The molecule has 6 nitrogen and oxygen atoms in total. The predicted octanol–water partition coefficient (Wildman–Crippen LogP) is 5.46. The first-order valence-electron chi connectivity index (χ1n) is 14.1. The van der Waals surface area contributed by atoms with Crippen molar-refractivity contribution in [2.75, 3.05) is 39.3 Å². The average Bonchev–Trinajstić information content (AvgIpc) is 3.00. The minimum atomic E-state index is -4.46. The van der Waals surface area contributed by atoms with Crippen molar-refractivity contribution in [3.05, 3.63) is 89.5 Å². The fourth-order valence-electron chi connectivity index (χ4n) is 5.85. The molecule has 41 heavy (non-hydrogen) atoms. The largest absolute Gasteiger partial charge is 0.508 e. The molecule has 216 valence electrons. The van der Waals surface area contributed by atoms with Crippen LogP contribution in [0.25, 0.3) is 11.1 Å². The SMILES string of the molecule is O=C(CCc1ccccc1O)N1CCC(N2CCN(C(=O)c3ccccc3-c3cccc(C(F)(F)F)c3)CC2)CC1. The van der Waals surface area contributed by atoms with E-state index in [1.165, 1.54) is 6.07 Å². The lowest BCUT2D eigenvalue weighted by Gasteiger charge is -2.43. The number of carbonyl (C=O) groups is 2. The molecule has 0 aromatic heterocycles. The van der Waals surface area contributed by atoms with Gasteiger partial charge in [-0.2, -0.15) is 13.2 Å².